The fraction of sp³-hybridized carbons (Fsp3) is 0.310. The van der Waals surface area contributed by atoms with E-state index in [1.54, 1.807) is 6.07 Å². The summed E-state index contributed by atoms with van der Waals surface area (Å²) in [4.78, 5) is 12.8. The van der Waals surface area contributed by atoms with E-state index in [1.807, 2.05) is 60.7 Å². The minimum absolute atomic E-state index is 0.217. The fourth-order valence-electron chi connectivity index (χ4n) is 3.60. The Balaban J connectivity index is 1.46. The van der Waals surface area contributed by atoms with Gasteiger partial charge < -0.3 is 14.8 Å². The van der Waals surface area contributed by atoms with Crippen molar-refractivity contribution in [1.29, 1.82) is 0 Å². The van der Waals surface area contributed by atoms with Crippen LogP contribution in [0.25, 0.3) is 0 Å². The van der Waals surface area contributed by atoms with Crippen LogP contribution >= 0.6 is 12.2 Å². The minimum Gasteiger partial charge on any atom is -0.494 e. The van der Waals surface area contributed by atoms with Crippen LogP contribution < -0.4 is 20.1 Å². The van der Waals surface area contributed by atoms with E-state index in [4.69, 9.17) is 21.7 Å². The van der Waals surface area contributed by atoms with Crippen LogP contribution in [0.5, 0.6) is 11.5 Å². The number of thiocarbonyl (C=S) groups is 1. The van der Waals surface area contributed by atoms with Gasteiger partial charge in [-0.1, -0.05) is 74.7 Å². The number of hydrogen-bond donors (Lipinski definition) is 2. The number of benzene rings is 3. The molecule has 0 saturated heterocycles. The zero-order valence-electron chi connectivity index (χ0n) is 20.3. The second-order valence-electron chi connectivity index (χ2n) is 8.28. The molecule has 3 aromatic carbocycles. The number of unbranched alkanes of at least 4 members (excludes halogenated alkanes) is 3. The normalized spacial score (nSPS) is 10.4. The van der Waals surface area contributed by atoms with Crippen molar-refractivity contribution in [3.8, 4) is 11.5 Å². The van der Waals surface area contributed by atoms with Crippen molar-refractivity contribution in [3.63, 3.8) is 0 Å². The first-order valence-corrected chi connectivity index (χ1v) is 12.7. The van der Waals surface area contributed by atoms with Crippen molar-refractivity contribution in [2.45, 2.75) is 45.4 Å². The fourth-order valence-corrected chi connectivity index (χ4v) is 3.81. The summed E-state index contributed by atoms with van der Waals surface area (Å²) in [6.07, 6.45) is 6.34. The van der Waals surface area contributed by atoms with E-state index < -0.39 is 0 Å². The lowest BCUT2D eigenvalue weighted by atomic mass is 10.1. The number of ether oxygens (including phenoxy) is 2. The summed E-state index contributed by atoms with van der Waals surface area (Å²) < 4.78 is 11.7. The average molecular weight is 491 g/mol. The number of carbonyl (C=O) groups excluding carboxylic acids is 1. The lowest BCUT2D eigenvalue weighted by molar-refractivity contribution is 0.0973. The lowest BCUT2D eigenvalue weighted by Crippen LogP contribution is -2.34. The Morgan fingerprint density at radius 1 is 0.829 bits per heavy atom. The van der Waals surface area contributed by atoms with Crippen molar-refractivity contribution >= 4 is 28.9 Å². The summed E-state index contributed by atoms with van der Waals surface area (Å²) in [7, 11) is 0. The number of anilines is 1. The topological polar surface area (TPSA) is 59.6 Å². The van der Waals surface area contributed by atoms with E-state index >= 15 is 0 Å². The monoisotopic (exact) mass is 490 g/mol. The van der Waals surface area contributed by atoms with Crippen molar-refractivity contribution in [1.82, 2.24) is 5.32 Å². The van der Waals surface area contributed by atoms with Gasteiger partial charge in [-0.2, -0.15) is 0 Å². The van der Waals surface area contributed by atoms with Crippen LogP contribution in [0.15, 0.2) is 78.9 Å². The second kappa shape index (κ2) is 14.8. The maximum absolute atomic E-state index is 12.8. The first kappa shape index (κ1) is 26.2. The highest BCUT2D eigenvalue weighted by atomic mass is 32.1. The highest BCUT2D eigenvalue weighted by Gasteiger charge is 2.14. The molecule has 0 heterocycles. The van der Waals surface area contributed by atoms with E-state index in [2.05, 4.69) is 29.7 Å². The zero-order chi connectivity index (χ0) is 24.7. The van der Waals surface area contributed by atoms with Gasteiger partial charge in [0.2, 0.25) is 0 Å². The number of hydrogen-bond acceptors (Lipinski definition) is 4. The quantitative estimate of drug-likeness (QED) is 0.204. The second-order valence-corrected chi connectivity index (χ2v) is 8.69. The molecule has 0 saturated carbocycles. The smallest absolute Gasteiger partial charge is 0.261 e. The van der Waals surface area contributed by atoms with Crippen molar-refractivity contribution in [2.75, 3.05) is 18.5 Å². The Labute approximate surface area is 213 Å². The molecule has 3 aromatic rings. The zero-order valence-corrected chi connectivity index (χ0v) is 21.1. The molecule has 0 aliphatic heterocycles. The molecule has 0 aliphatic carbocycles. The van der Waals surface area contributed by atoms with E-state index in [0.717, 1.165) is 37.1 Å². The summed E-state index contributed by atoms with van der Waals surface area (Å²) >= 11 is 5.37. The van der Waals surface area contributed by atoms with E-state index in [9.17, 15) is 4.79 Å². The van der Waals surface area contributed by atoms with Crippen LogP contribution in [0.1, 0.15) is 54.9 Å². The number of para-hydroxylation sites is 1. The maximum atomic E-state index is 12.8. The molecule has 6 heteroatoms. The molecular formula is C29H34N2O3S. The Hall–Kier alpha value is -3.38. The first-order valence-electron chi connectivity index (χ1n) is 12.3. The molecule has 0 aliphatic rings. The molecule has 1 amide bonds. The molecule has 2 N–H and O–H groups in total. The van der Waals surface area contributed by atoms with Crippen LogP contribution in [0, 0.1) is 0 Å². The molecule has 3 rings (SSSR count). The van der Waals surface area contributed by atoms with Crippen LogP contribution in [-0.2, 0) is 6.42 Å². The summed E-state index contributed by atoms with van der Waals surface area (Å²) in [5.74, 6) is 1.01. The minimum atomic E-state index is -0.306. The highest BCUT2D eigenvalue weighted by molar-refractivity contribution is 7.80. The average Bonchev–Trinajstić information content (AvgIpc) is 2.87. The maximum Gasteiger partial charge on any atom is 0.261 e. The predicted molar refractivity (Wildman–Crippen MR) is 146 cm³/mol. The molecule has 0 bridgehead atoms. The number of amides is 1. The van der Waals surface area contributed by atoms with Crippen molar-refractivity contribution < 1.29 is 14.3 Å². The van der Waals surface area contributed by atoms with Crippen LogP contribution in [-0.4, -0.2) is 24.2 Å². The van der Waals surface area contributed by atoms with Gasteiger partial charge >= 0.3 is 0 Å². The van der Waals surface area contributed by atoms with Crippen LogP contribution in [0.4, 0.5) is 5.69 Å². The summed E-state index contributed by atoms with van der Waals surface area (Å²) in [6, 6.07) is 25.1. The molecule has 0 atom stereocenters. The molecule has 0 radical (unpaired) electrons. The summed E-state index contributed by atoms with van der Waals surface area (Å²) in [5, 5.41) is 6.03. The molecule has 184 valence electrons. The van der Waals surface area contributed by atoms with Crippen molar-refractivity contribution in [3.05, 3.63) is 90.0 Å². The Kier molecular flexibility index (Phi) is 11.1. The van der Waals surface area contributed by atoms with Gasteiger partial charge in [-0.15, -0.1) is 0 Å². The van der Waals surface area contributed by atoms with Crippen LogP contribution in [0.2, 0.25) is 0 Å². The van der Waals surface area contributed by atoms with Gasteiger partial charge in [0, 0.05) is 11.8 Å². The first-order chi connectivity index (χ1) is 17.2. The van der Waals surface area contributed by atoms with Crippen LogP contribution in [0.3, 0.4) is 0 Å². The summed E-state index contributed by atoms with van der Waals surface area (Å²) in [5.41, 5.74) is 2.51. The van der Waals surface area contributed by atoms with Gasteiger partial charge in [0.1, 0.15) is 11.5 Å². The molecule has 0 fully saturated rings. The molecule has 0 unspecified atom stereocenters. The Morgan fingerprint density at radius 2 is 1.60 bits per heavy atom. The van der Waals surface area contributed by atoms with Gasteiger partial charge in [0.15, 0.2) is 5.11 Å². The van der Waals surface area contributed by atoms with Gasteiger partial charge in [-0.3, -0.25) is 10.1 Å². The third-order valence-electron chi connectivity index (χ3n) is 5.43. The van der Waals surface area contributed by atoms with Gasteiger partial charge in [-0.25, -0.2) is 0 Å². The Bertz CT molecular complexity index is 1070. The van der Waals surface area contributed by atoms with E-state index in [-0.39, 0.29) is 11.0 Å². The third kappa shape index (κ3) is 9.41. The van der Waals surface area contributed by atoms with Crippen molar-refractivity contribution in [2.24, 2.45) is 0 Å². The van der Waals surface area contributed by atoms with E-state index in [0.29, 0.717) is 24.5 Å². The molecule has 35 heavy (non-hydrogen) atoms. The van der Waals surface area contributed by atoms with Gasteiger partial charge in [0.25, 0.3) is 5.91 Å². The number of nitrogens with one attached hydrogen (secondary N) is 2. The Morgan fingerprint density at radius 3 is 2.43 bits per heavy atom. The standard InChI is InChI=1S/C29H34N2O3S/c1-2-3-4-10-20-34-27-19-9-8-18-26(27)28(32)31-29(35)30-24-16-11-17-25(22-24)33-21-12-15-23-13-6-5-7-14-23/h5-9,11,13-14,16-19,22H,2-4,10,12,15,20-21H2,1H3,(H2,30,31,32,35). The molecular weight excluding hydrogens is 456 g/mol. The third-order valence-corrected chi connectivity index (χ3v) is 5.63. The lowest BCUT2D eigenvalue weighted by Gasteiger charge is -2.14. The SMILES string of the molecule is CCCCCCOc1ccccc1C(=O)NC(=S)Nc1cccc(OCCCc2ccccc2)c1. The largest absolute Gasteiger partial charge is 0.494 e. The molecule has 0 aromatic heterocycles. The highest BCUT2D eigenvalue weighted by Crippen LogP contribution is 2.20. The summed E-state index contributed by atoms with van der Waals surface area (Å²) in [6.45, 7) is 3.38. The number of carbonyl (C=O) groups is 1. The molecule has 0 spiro atoms. The molecule has 5 nitrogen and oxygen atoms in total. The van der Waals surface area contributed by atoms with Gasteiger partial charge in [0.05, 0.1) is 18.8 Å². The van der Waals surface area contributed by atoms with Gasteiger partial charge in [-0.05, 0) is 61.3 Å². The van der Waals surface area contributed by atoms with E-state index in [1.165, 1.54) is 18.4 Å². The predicted octanol–water partition coefficient (Wildman–Crippen LogP) is 6.78. The number of rotatable bonds is 13. The number of aryl methyl sites for hydroxylation is 1.